The zero-order chi connectivity index (χ0) is 29.4. The van der Waals surface area contributed by atoms with Crippen LogP contribution in [0.3, 0.4) is 0 Å². The van der Waals surface area contributed by atoms with Gasteiger partial charge in [0.2, 0.25) is 5.71 Å². The number of hydrogen-bond donors (Lipinski definition) is 2. The highest BCUT2D eigenvalue weighted by atomic mass is 35.5. The number of imide groups is 1. The van der Waals surface area contributed by atoms with Crippen LogP contribution >= 0.6 is 23.2 Å². The molecule has 0 aliphatic heterocycles. The molecule has 0 saturated heterocycles. The van der Waals surface area contributed by atoms with E-state index < -0.39 is 35.0 Å². The molecule has 0 spiro atoms. The van der Waals surface area contributed by atoms with E-state index in [0.717, 1.165) is 16.7 Å². The molecular weight excluding hydrogens is 578 g/mol. The number of anilines is 1. The van der Waals surface area contributed by atoms with E-state index in [0.29, 0.717) is 0 Å². The summed E-state index contributed by atoms with van der Waals surface area (Å²) in [5.41, 5.74) is 0.786. The number of amides is 2. The highest BCUT2D eigenvalue weighted by Gasteiger charge is 2.30. The molecule has 2 aromatic carbocycles. The lowest BCUT2D eigenvalue weighted by molar-refractivity contribution is -0.137. The Labute approximate surface area is 234 Å². The van der Waals surface area contributed by atoms with Crippen molar-refractivity contribution in [2.45, 2.75) is 19.6 Å². The molecule has 2 N–H and O–H groups in total. The van der Waals surface area contributed by atoms with Crippen LogP contribution in [0.1, 0.15) is 18.1 Å². The van der Waals surface area contributed by atoms with Gasteiger partial charge in [0, 0.05) is 6.07 Å². The van der Waals surface area contributed by atoms with Crippen LogP contribution in [0.2, 0.25) is 10.0 Å². The van der Waals surface area contributed by atoms with Gasteiger partial charge in [-0.1, -0.05) is 35.3 Å². The van der Waals surface area contributed by atoms with E-state index in [2.05, 4.69) is 15.3 Å². The van der Waals surface area contributed by atoms with Crippen molar-refractivity contribution >= 4 is 46.6 Å². The van der Waals surface area contributed by atoms with E-state index >= 15 is 0 Å². The van der Waals surface area contributed by atoms with Gasteiger partial charge in [0.1, 0.15) is 11.8 Å². The number of aromatic nitrogens is 1. The van der Waals surface area contributed by atoms with Gasteiger partial charge < -0.3 is 14.0 Å². The van der Waals surface area contributed by atoms with Crippen molar-refractivity contribution in [2.24, 2.45) is 5.10 Å². The van der Waals surface area contributed by atoms with E-state index in [-0.39, 0.29) is 45.9 Å². The van der Waals surface area contributed by atoms with Crippen LogP contribution in [-0.2, 0) is 22.3 Å². The van der Waals surface area contributed by atoms with E-state index in [1.54, 1.807) is 0 Å². The average Bonchev–Trinajstić information content (AvgIpc) is 2.88. The number of hydrogen-bond acceptors (Lipinski definition) is 8. The van der Waals surface area contributed by atoms with Gasteiger partial charge >= 0.3 is 12.3 Å². The summed E-state index contributed by atoms with van der Waals surface area (Å²) in [6.45, 7) is 1.38. The number of pyridine rings is 1. The molecule has 0 unspecified atom stereocenters. The smallest absolute Gasteiger partial charge is 0.416 e. The zero-order valence-electron chi connectivity index (χ0n) is 20.4. The Hall–Kier alpha value is -4.54. The Balaban J connectivity index is 1.78. The lowest BCUT2D eigenvalue weighted by Crippen LogP contribution is -2.36. The number of alkyl carbamates (subject to hydrolysis) is 1. The lowest BCUT2D eigenvalue weighted by Gasteiger charge is -2.14. The number of rotatable bonds is 8. The first kappa shape index (κ1) is 30.0. The molecule has 10 nitrogen and oxygen atoms in total. The Morgan fingerprint density at radius 2 is 1.82 bits per heavy atom. The molecule has 1 aromatic heterocycles. The second-order valence-electron chi connectivity index (χ2n) is 7.76. The summed E-state index contributed by atoms with van der Waals surface area (Å²) in [6.07, 6.45) is -4.30. The number of nitrogens with zero attached hydrogens (tertiary/aromatic N) is 3. The maximum atomic E-state index is 13.0. The summed E-state index contributed by atoms with van der Waals surface area (Å²) >= 11 is 12.6. The van der Waals surface area contributed by atoms with Crippen LogP contribution in [0.15, 0.2) is 64.6 Å². The maximum absolute atomic E-state index is 13.0. The predicted molar refractivity (Wildman–Crippen MR) is 140 cm³/mol. The largest absolute Gasteiger partial charge is 0.453 e. The molecule has 2 amide bonds. The number of ether oxygens (including phenoxy) is 2. The minimum atomic E-state index is -4.53. The number of benzene rings is 2. The van der Waals surface area contributed by atoms with Crippen molar-refractivity contribution in [2.75, 3.05) is 12.0 Å². The first-order valence-electron chi connectivity index (χ1n) is 11.2. The van der Waals surface area contributed by atoms with Crippen LogP contribution in [0.25, 0.3) is 0 Å². The summed E-state index contributed by atoms with van der Waals surface area (Å²) in [4.78, 5) is 35.6. The highest BCUT2D eigenvalue weighted by molar-refractivity contribution is 6.47. The van der Waals surface area contributed by atoms with Crippen LogP contribution in [0.5, 0.6) is 11.5 Å². The van der Waals surface area contributed by atoms with E-state index in [1.807, 2.05) is 5.32 Å². The Bertz CT molecular complexity index is 1540. The number of nitrogens with one attached hydrogen (secondary N) is 2. The predicted octanol–water partition coefficient (Wildman–Crippen LogP) is 5.58. The van der Waals surface area contributed by atoms with Crippen molar-refractivity contribution in [3.63, 3.8) is 0 Å². The molecule has 0 bridgehead atoms. The molecule has 0 aliphatic rings. The third-order valence-electron chi connectivity index (χ3n) is 4.89. The standard InChI is InChI=1S/C25H18Cl2F3N5O5/c1-2-39-24(38)32-23(37)20(11-31)34-33-16-9-18(26)22(19(27)10-16)40-17-6-7-21(36)35(13-17)12-14-4-3-5-15(8-14)25(28,29)30/h3-10,13,33H,2,12H2,1H3,(H,32,37,38). The van der Waals surface area contributed by atoms with Crippen molar-refractivity contribution < 1.29 is 32.2 Å². The Morgan fingerprint density at radius 1 is 1.12 bits per heavy atom. The second kappa shape index (κ2) is 13.0. The van der Waals surface area contributed by atoms with Gasteiger partial charge in [-0.2, -0.15) is 23.5 Å². The molecule has 0 saturated carbocycles. The van der Waals surface area contributed by atoms with Gasteiger partial charge in [-0.25, -0.2) is 4.79 Å². The molecule has 0 aliphatic carbocycles. The Morgan fingerprint density at radius 3 is 2.45 bits per heavy atom. The van der Waals surface area contributed by atoms with Crippen molar-refractivity contribution in [1.29, 1.82) is 5.26 Å². The van der Waals surface area contributed by atoms with Gasteiger partial charge in [0.05, 0.1) is 40.6 Å². The van der Waals surface area contributed by atoms with Crippen LogP contribution in [0.4, 0.5) is 23.7 Å². The van der Waals surface area contributed by atoms with Crippen LogP contribution in [0, 0.1) is 11.3 Å². The molecule has 3 aromatic rings. The number of halogens is 5. The molecule has 0 fully saturated rings. The normalized spacial score (nSPS) is 11.4. The summed E-state index contributed by atoms with van der Waals surface area (Å²) in [5, 5.41) is 14.5. The third kappa shape index (κ3) is 7.98. The van der Waals surface area contributed by atoms with Crippen molar-refractivity contribution in [1.82, 2.24) is 9.88 Å². The molecule has 208 valence electrons. The van der Waals surface area contributed by atoms with E-state index in [1.165, 1.54) is 55.6 Å². The topological polar surface area (TPSA) is 135 Å². The first-order chi connectivity index (χ1) is 18.9. The fraction of sp³-hybridized carbons (Fsp3) is 0.160. The van der Waals surface area contributed by atoms with E-state index in [4.69, 9.17) is 33.2 Å². The summed E-state index contributed by atoms with van der Waals surface area (Å²) in [6, 6.07) is 11.2. The third-order valence-corrected chi connectivity index (χ3v) is 5.45. The molecule has 15 heteroatoms. The number of nitriles is 1. The second-order valence-corrected chi connectivity index (χ2v) is 8.57. The van der Waals surface area contributed by atoms with Crippen LogP contribution in [-0.4, -0.2) is 28.9 Å². The highest BCUT2D eigenvalue weighted by Crippen LogP contribution is 2.38. The van der Waals surface area contributed by atoms with Gasteiger partial charge in [0.25, 0.3) is 11.5 Å². The fourth-order valence-corrected chi connectivity index (χ4v) is 3.71. The molecule has 40 heavy (non-hydrogen) atoms. The number of carbonyl (C=O) groups excluding carboxylic acids is 2. The number of hydrazone groups is 1. The summed E-state index contributed by atoms with van der Waals surface area (Å²) < 4.78 is 50.5. The van der Waals surface area contributed by atoms with Gasteiger partial charge in [-0.15, -0.1) is 0 Å². The van der Waals surface area contributed by atoms with Crippen LogP contribution < -0.4 is 21.0 Å². The molecular formula is C25H18Cl2F3N5O5. The molecule has 1 heterocycles. The molecule has 0 atom stereocenters. The number of alkyl halides is 3. The lowest BCUT2D eigenvalue weighted by atomic mass is 10.1. The number of carbonyl (C=O) groups is 2. The molecule has 3 rings (SSSR count). The van der Waals surface area contributed by atoms with Crippen molar-refractivity contribution in [3.8, 4) is 17.6 Å². The average molecular weight is 596 g/mol. The molecule has 0 radical (unpaired) electrons. The monoisotopic (exact) mass is 595 g/mol. The SMILES string of the molecule is CCOC(=O)NC(=O)C(C#N)=NNc1cc(Cl)c(Oc2ccc(=O)n(Cc3cccc(C(F)(F)F)c3)c2)c(Cl)c1. The fourth-order valence-electron chi connectivity index (χ4n) is 3.14. The Kier molecular flexibility index (Phi) is 9.76. The van der Waals surface area contributed by atoms with Gasteiger partial charge in [-0.05, 0) is 42.8 Å². The summed E-state index contributed by atoms with van der Waals surface area (Å²) in [5.74, 6) is -1.02. The van der Waals surface area contributed by atoms with Gasteiger partial charge in [0.15, 0.2) is 5.75 Å². The summed E-state index contributed by atoms with van der Waals surface area (Å²) in [7, 11) is 0. The first-order valence-corrected chi connectivity index (χ1v) is 11.9. The quantitative estimate of drug-likeness (QED) is 0.256. The van der Waals surface area contributed by atoms with Crippen molar-refractivity contribution in [3.05, 3.63) is 86.3 Å². The zero-order valence-corrected chi connectivity index (χ0v) is 21.9. The maximum Gasteiger partial charge on any atom is 0.416 e. The van der Waals surface area contributed by atoms with E-state index in [9.17, 15) is 27.6 Å². The minimum Gasteiger partial charge on any atom is -0.453 e. The minimum absolute atomic E-state index is 0.0126. The van der Waals surface area contributed by atoms with Gasteiger partial charge in [-0.3, -0.25) is 20.3 Å².